The molecular weight excluding hydrogens is 422 g/mol. The maximum Gasteiger partial charge on any atom is 0.253 e. The minimum absolute atomic E-state index is 0. The molecule has 1 fully saturated rings. The van der Waals surface area contributed by atoms with Gasteiger partial charge in [0.1, 0.15) is 5.82 Å². The molecule has 2 aliphatic heterocycles. The van der Waals surface area contributed by atoms with Crippen molar-refractivity contribution in [3.63, 3.8) is 0 Å². The molecule has 6 nitrogen and oxygen atoms in total. The molecule has 0 spiro atoms. The molecule has 168 valence electrons. The molecule has 2 aliphatic rings. The van der Waals surface area contributed by atoms with Gasteiger partial charge in [-0.2, -0.15) is 5.10 Å². The van der Waals surface area contributed by atoms with E-state index in [9.17, 15) is 4.79 Å². The predicted octanol–water partition coefficient (Wildman–Crippen LogP) is 3.14. The average Bonchev–Trinajstić information content (AvgIpc) is 3.40. The fourth-order valence-electron chi connectivity index (χ4n) is 4.60. The average molecular weight is 452 g/mol. The summed E-state index contributed by atoms with van der Waals surface area (Å²) in [7, 11) is 0. The summed E-state index contributed by atoms with van der Waals surface area (Å²) in [6, 6.07) is 18.5. The summed E-state index contributed by atoms with van der Waals surface area (Å²) in [5.74, 6) is 2.65. The molecule has 3 aromatic rings. The monoisotopic (exact) mass is 451 g/mol. The Morgan fingerprint density at radius 2 is 1.81 bits per heavy atom. The third kappa shape index (κ3) is 5.19. The number of rotatable bonds is 5. The van der Waals surface area contributed by atoms with Crippen molar-refractivity contribution in [3.8, 4) is 0 Å². The first-order chi connectivity index (χ1) is 15.2. The fraction of sp³-hybridized carbons (Fsp3) is 0.400. The van der Waals surface area contributed by atoms with Crippen LogP contribution in [0.15, 0.2) is 54.6 Å². The first kappa shape index (κ1) is 22.5. The van der Waals surface area contributed by atoms with E-state index in [1.165, 1.54) is 17.5 Å². The van der Waals surface area contributed by atoms with Gasteiger partial charge in [0.25, 0.3) is 5.91 Å². The number of aromatic nitrogens is 3. The zero-order chi connectivity index (χ0) is 21.0. The van der Waals surface area contributed by atoms with Crippen LogP contribution in [0, 0.1) is 5.92 Å². The highest BCUT2D eigenvalue weighted by atomic mass is 35.5. The van der Waals surface area contributed by atoms with Gasteiger partial charge in [-0.3, -0.25) is 4.79 Å². The summed E-state index contributed by atoms with van der Waals surface area (Å²) >= 11 is 0. The maximum absolute atomic E-state index is 13.1. The summed E-state index contributed by atoms with van der Waals surface area (Å²) in [5, 5.41) is 8.11. The SMILES string of the molecule is Cl.O=C(c1ccc(CC2CCNC2)cc1)N1CCc2nc(Cc3ccccc3)nn2CC1. The summed E-state index contributed by atoms with van der Waals surface area (Å²) in [4.78, 5) is 19.7. The van der Waals surface area contributed by atoms with Gasteiger partial charge in [-0.15, -0.1) is 12.4 Å². The summed E-state index contributed by atoms with van der Waals surface area (Å²) in [5.41, 5.74) is 3.30. The molecule has 1 aromatic heterocycles. The Labute approximate surface area is 195 Å². The molecule has 2 aromatic carbocycles. The van der Waals surface area contributed by atoms with Crippen LogP contribution in [0.5, 0.6) is 0 Å². The van der Waals surface area contributed by atoms with Crippen molar-refractivity contribution < 1.29 is 4.79 Å². The molecule has 0 aliphatic carbocycles. The topological polar surface area (TPSA) is 63.1 Å². The Morgan fingerprint density at radius 3 is 2.56 bits per heavy atom. The third-order valence-electron chi connectivity index (χ3n) is 6.36. The Kier molecular flexibility index (Phi) is 7.22. The van der Waals surface area contributed by atoms with Gasteiger partial charge in [0.2, 0.25) is 0 Å². The number of nitrogens with one attached hydrogen (secondary N) is 1. The summed E-state index contributed by atoms with van der Waals surface area (Å²) < 4.78 is 1.98. The Morgan fingerprint density at radius 1 is 1.00 bits per heavy atom. The van der Waals surface area contributed by atoms with Gasteiger partial charge in [0.05, 0.1) is 6.54 Å². The quantitative estimate of drug-likeness (QED) is 0.647. The van der Waals surface area contributed by atoms with E-state index in [0.717, 1.165) is 49.6 Å². The molecule has 1 unspecified atom stereocenters. The van der Waals surface area contributed by atoms with E-state index in [1.807, 2.05) is 39.9 Å². The molecule has 5 rings (SSSR count). The van der Waals surface area contributed by atoms with Gasteiger partial charge in [0, 0.05) is 31.5 Å². The zero-order valence-electron chi connectivity index (χ0n) is 18.2. The largest absolute Gasteiger partial charge is 0.336 e. The molecule has 1 saturated heterocycles. The van der Waals surface area contributed by atoms with Crippen molar-refractivity contribution in [2.75, 3.05) is 26.2 Å². The minimum atomic E-state index is 0. The number of benzene rings is 2. The number of fused-ring (bicyclic) bond motifs is 1. The lowest BCUT2D eigenvalue weighted by Gasteiger charge is -2.20. The second-order valence-corrected chi connectivity index (χ2v) is 8.63. The molecule has 1 amide bonds. The summed E-state index contributed by atoms with van der Waals surface area (Å²) in [6.07, 6.45) is 3.81. The lowest BCUT2D eigenvalue weighted by Crippen LogP contribution is -2.33. The van der Waals surface area contributed by atoms with Crippen molar-refractivity contribution in [1.29, 1.82) is 0 Å². The van der Waals surface area contributed by atoms with Crippen LogP contribution in [0.1, 0.15) is 39.6 Å². The number of nitrogens with zero attached hydrogens (tertiary/aromatic N) is 4. The van der Waals surface area contributed by atoms with Crippen LogP contribution >= 0.6 is 12.4 Å². The number of amides is 1. The number of carbonyl (C=O) groups excluding carboxylic acids is 1. The Hall–Kier alpha value is -2.70. The standard InChI is InChI=1S/C25H29N5O.ClH/c31-25(22-8-6-20(7-9-22)16-21-10-12-26-18-21)29-13-11-24-27-23(28-30(24)15-14-29)17-19-4-2-1-3-5-19;/h1-9,21,26H,10-18H2;1H. The van der Waals surface area contributed by atoms with Crippen molar-refractivity contribution >= 4 is 18.3 Å². The number of hydrogen-bond donors (Lipinski definition) is 1. The number of hydrogen-bond acceptors (Lipinski definition) is 4. The molecule has 32 heavy (non-hydrogen) atoms. The van der Waals surface area contributed by atoms with Crippen LogP contribution in [0.3, 0.4) is 0 Å². The van der Waals surface area contributed by atoms with E-state index in [1.54, 1.807) is 0 Å². The molecule has 0 bridgehead atoms. The van der Waals surface area contributed by atoms with E-state index in [-0.39, 0.29) is 18.3 Å². The van der Waals surface area contributed by atoms with Gasteiger partial charge >= 0.3 is 0 Å². The predicted molar refractivity (Wildman–Crippen MR) is 127 cm³/mol. The fourth-order valence-corrected chi connectivity index (χ4v) is 4.60. The van der Waals surface area contributed by atoms with Crippen LogP contribution in [0.4, 0.5) is 0 Å². The van der Waals surface area contributed by atoms with E-state index >= 15 is 0 Å². The van der Waals surface area contributed by atoms with Gasteiger partial charge in [0.15, 0.2) is 5.82 Å². The molecule has 0 saturated carbocycles. The van der Waals surface area contributed by atoms with Crippen molar-refractivity contribution in [2.45, 2.75) is 32.2 Å². The second-order valence-electron chi connectivity index (χ2n) is 8.63. The van der Waals surface area contributed by atoms with E-state index in [4.69, 9.17) is 10.1 Å². The number of halogens is 1. The molecule has 1 atom stereocenters. The Balaban J connectivity index is 0.00000245. The van der Waals surface area contributed by atoms with Crippen LogP contribution in [-0.2, 0) is 25.8 Å². The van der Waals surface area contributed by atoms with Gasteiger partial charge in [-0.05, 0) is 55.1 Å². The third-order valence-corrected chi connectivity index (χ3v) is 6.36. The highest BCUT2D eigenvalue weighted by molar-refractivity contribution is 5.94. The van der Waals surface area contributed by atoms with Crippen LogP contribution in [0.2, 0.25) is 0 Å². The second kappa shape index (κ2) is 10.3. The maximum atomic E-state index is 13.1. The highest BCUT2D eigenvalue weighted by Crippen LogP contribution is 2.17. The molecule has 0 radical (unpaired) electrons. The van der Waals surface area contributed by atoms with E-state index in [2.05, 4.69) is 29.6 Å². The van der Waals surface area contributed by atoms with Crippen molar-refractivity contribution in [1.82, 2.24) is 25.0 Å². The lowest BCUT2D eigenvalue weighted by atomic mass is 9.98. The minimum Gasteiger partial charge on any atom is -0.336 e. The van der Waals surface area contributed by atoms with Gasteiger partial charge in [-0.1, -0.05) is 42.5 Å². The van der Waals surface area contributed by atoms with E-state index < -0.39 is 0 Å². The van der Waals surface area contributed by atoms with Crippen molar-refractivity contribution in [3.05, 3.63) is 82.9 Å². The molecule has 1 N–H and O–H groups in total. The first-order valence-electron chi connectivity index (χ1n) is 11.3. The lowest BCUT2D eigenvalue weighted by molar-refractivity contribution is 0.0758. The van der Waals surface area contributed by atoms with Crippen LogP contribution in [0.25, 0.3) is 0 Å². The van der Waals surface area contributed by atoms with Crippen molar-refractivity contribution in [2.24, 2.45) is 5.92 Å². The molecule has 3 heterocycles. The Bertz CT molecular complexity index is 1000. The first-order valence-corrected chi connectivity index (χ1v) is 11.3. The normalized spacial score (nSPS) is 18.0. The highest BCUT2D eigenvalue weighted by Gasteiger charge is 2.22. The number of carbonyl (C=O) groups is 1. The van der Waals surface area contributed by atoms with Gasteiger partial charge < -0.3 is 10.2 Å². The zero-order valence-corrected chi connectivity index (χ0v) is 19.1. The van der Waals surface area contributed by atoms with Crippen LogP contribution < -0.4 is 5.32 Å². The van der Waals surface area contributed by atoms with Crippen LogP contribution in [-0.4, -0.2) is 51.8 Å². The molecular formula is C25H30ClN5O. The van der Waals surface area contributed by atoms with E-state index in [0.29, 0.717) is 25.6 Å². The molecule has 7 heteroatoms. The van der Waals surface area contributed by atoms with Gasteiger partial charge in [-0.25, -0.2) is 9.67 Å². The smallest absolute Gasteiger partial charge is 0.253 e. The summed E-state index contributed by atoms with van der Waals surface area (Å²) in [6.45, 7) is 4.25.